The Morgan fingerprint density at radius 1 is 0.794 bits per heavy atom. The first-order valence-electron chi connectivity index (χ1n) is 11.3. The van der Waals surface area contributed by atoms with Crippen molar-refractivity contribution < 1.29 is 19.1 Å². The van der Waals surface area contributed by atoms with E-state index in [1.165, 1.54) is 0 Å². The van der Waals surface area contributed by atoms with E-state index in [1.807, 2.05) is 50.2 Å². The molecule has 8 heteroatoms. The van der Waals surface area contributed by atoms with Crippen LogP contribution in [0.4, 0.5) is 0 Å². The molecular weight excluding hydrogens is 475 g/mol. The van der Waals surface area contributed by atoms with Gasteiger partial charge in [-0.25, -0.2) is 9.59 Å². The van der Waals surface area contributed by atoms with Crippen molar-refractivity contribution in [2.45, 2.75) is 37.9 Å². The van der Waals surface area contributed by atoms with E-state index < -0.39 is 23.1 Å². The van der Waals surface area contributed by atoms with Crippen LogP contribution in [0.1, 0.15) is 36.1 Å². The Balaban J connectivity index is 1.48. The summed E-state index contributed by atoms with van der Waals surface area (Å²) in [7, 11) is 0. The van der Waals surface area contributed by atoms with Crippen LogP contribution in [0, 0.1) is 0 Å². The molecule has 34 heavy (non-hydrogen) atoms. The van der Waals surface area contributed by atoms with E-state index >= 15 is 0 Å². The molecule has 2 aromatic rings. The van der Waals surface area contributed by atoms with Gasteiger partial charge in [-0.15, -0.1) is 0 Å². The number of hydrogen-bond acceptors (Lipinski definition) is 6. The van der Waals surface area contributed by atoms with Crippen molar-refractivity contribution >= 4 is 35.1 Å². The maximum atomic E-state index is 12.7. The first-order valence-corrected chi connectivity index (χ1v) is 12.1. The summed E-state index contributed by atoms with van der Waals surface area (Å²) in [6.45, 7) is 6.08. The molecule has 0 radical (unpaired) electrons. The van der Waals surface area contributed by atoms with E-state index in [0.29, 0.717) is 23.1 Å². The number of rotatable bonds is 4. The van der Waals surface area contributed by atoms with Crippen molar-refractivity contribution in [3.63, 3.8) is 0 Å². The second-order valence-corrected chi connectivity index (χ2v) is 9.97. The van der Waals surface area contributed by atoms with Crippen LogP contribution in [0.25, 0.3) is 0 Å². The Bertz CT molecular complexity index is 1050. The first kappa shape index (κ1) is 24.7. The fourth-order valence-corrected chi connectivity index (χ4v) is 4.98. The zero-order valence-corrected chi connectivity index (χ0v) is 20.8. The number of ether oxygens (including phenoxy) is 2. The quantitative estimate of drug-likeness (QED) is 0.484. The van der Waals surface area contributed by atoms with Crippen LogP contribution in [0.5, 0.6) is 0 Å². The Hall–Kier alpha value is -2.38. The highest BCUT2D eigenvalue weighted by molar-refractivity contribution is 6.31. The molecule has 0 saturated heterocycles. The summed E-state index contributed by atoms with van der Waals surface area (Å²) >= 11 is 12.4. The third-order valence-corrected chi connectivity index (χ3v) is 6.83. The molecule has 0 amide bonds. The van der Waals surface area contributed by atoms with E-state index in [4.69, 9.17) is 32.7 Å². The maximum absolute atomic E-state index is 12.7. The number of nitrogens with one attached hydrogen (secondary N) is 2. The molecule has 0 spiro atoms. The molecule has 2 aliphatic rings. The van der Waals surface area contributed by atoms with E-state index in [0.717, 1.165) is 60.3 Å². The average molecular weight is 503 g/mol. The first-order chi connectivity index (χ1) is 16.2. The molecule has 0 fully saturated rings. The summed E-state index contributed by atoms with van der Waals surface area (Å²) in [6, 6.07) is 11.2. The Labute approximate surface area is 209 Å². The Morgan fingerprint density at radius 3 is 1.62 bits per heavy atom. The lowest BCUT2D eigenvalue weighted by Gasteiger charge is -2.30. The molecule has 2 atom stereocenters. The zero-order chi connectivity index (χ0) is 24.3. The summed E-state index contributed by atoms with van der Waals surface area (Å²) in [5.41, 5.74) is 2.02. The highest BCUT2D eigenvalue weighted by Gasteiger charge is 2.36. The summed E-state index contributed by atoms with van der Waals surface area (Å²) in [6.07, 6.45) is 3.82. The van der Waals surface area contributed by atoms with Gasteiger partial charge in [-0.05, 0) is 75.2 Å². The third kappa shape index (κ3) is 5.47. The van der Waals surface area contributed by atoms with Crippen molar-refractivity contribution in [2.24, 2.45) is 0 Å². The largest absolute Gasteiger partial charge is 0.450 e. The van der Waals surface area contributed by atoms with Crippen molar-refractivity contribution in [3.8, 4) is 0 Å². The fourth-order valence-electron chi connectivity index (χ4n) is 4.64. The Kier molecular flexibility index (Phi) is 7.33. The molecule has 0 unspecified atom stereocenters. The van der Waals surface area contributed by atoms with Gasteiger partial charge in [-0.1, -0.05) is 35.3 Å². The second-order valence-electron chi connectivity index (χ2n) is 9.09. The van der Waals surface area contributed by atoms with Gasteiger partial charge < -0.3 is 20.1 Å². The van der Waals surface area contributed by atoms with E-state index in [1.54, 1.807) is 0 Å². The highest BCUT2D eigenvalue weighted by atomic mass is 35.5. The van der Waals surface area contributed by atoms with Crippen LogP contribution in [-0.4, -0.2) is 38.1 Å². The molecule has 0 aliphatic carbocycles. The van der Waals surface area contributed by atoms with Gasteiger partial charge in [0.1, 0.15) is 11.2 Å². The van der Waals surface area contributed by atoms with Crippen LogP contribution in [0.3, 0.4) is 0 Å². The number of hydrogen-bond donors (Lipinski definition) is 2. The van der Waals surface area contributed by atoms with Gasteiger partial charge in [0.25, 0.3) is 0 Å². The predicted molar refractivity (Wildman–Crippen MR) is 132 cm³/mol. The van der Waals surface area contributed by atoms with Crippen LogP contribution >= 0.6 is 23.2 Å². The van der Waals surface area contributed by atoms with Crippen molar-refractivity contribution in [2.75, 3.05) is 26.2 Å². The van der Waals surface area contributed by atoms with E-state index in [2.05, 4.69) is 10.6 Å². The third-order valence-electron chi connectivity index (χ3n) is 6.36. The molecule has 0 aromatic heterocycles. The molecule has 2 heterocycles. The highest BCUT2D eigenvalue weighted by Crippen LogP contribution is 2.34. The van der Waals surface area contributed by atoms with Gasteiger partial charge in [0, 0.05) is 46.4 Å². The molecule has 2 aliphatic heterocycles. The standard InChI is InChI=1S/C26H28Cl2N2O4/c1-25(15-29-11-9-17-3-5-19(27)13-21(17)25)33-23(31)7-8-24(32)34-26(2)16-30-12-10-18-4-6-20(28)14-22(18)26/h3-8,13-14,29-30H,9-12,15-16H2,1-2H3/b8-7+/t25-,26-/m0/s1. The van der Waals surface area contributed by atoms with Crippen LogP contribution in [0.15, 0.2) is 48.6 Å². The van der Waals surface area contributed by atoms with Crippen LogP contribution in [0.2, 0.25) is 10.0 Å². The lowest BCUT2D eigenvalue weighted by Crippen LogP contribution is -2.39. The summed E-state index contributed by atoms with van der Waals surface area (Å²) < 4.78 is 11.6. The Morgan fingerprint density at radius 2 is 1.21 bits per heavy atom. The number of benzene rings is 2. The molecule has 4 rings (SSSR count). The topological polar surface area (TPSA) is 76.7 Å². The molecule has 180 valence electrons. The van der Waals surface area contributed by atoms with Crippen molar-refractivity contribution in [1.82, 2.24) is 10.6 Å². The maximum Gasteiger partial charge on any atom is 0.331 e. The van der Waals surface area contributed by atoms with Gasteiger partial charge in [0.2, 0.25) is 0 Å². The normalized spacial score (nSPS) is 24.5. The zero-order valence-electron chi connectivity index (χ0n) is 19.3. The minimum absolute atomic E-state index is 0.436. The van der Waals surface area contributed by atoms with Crippen LogP contribution < -0.4 is 10.6 Å². The molecule has 0 saturated carbocycles. The smallest absolute Gasteiger partial charge is 0.331 e. The van der Waals surface area contributed by atoms with E-state index in [9.17, 15) is 9.59 Å². The lowest BCUT2D eigenvalue weighted by molar-refractivity contribution is -0.155. The fraction of sp³-hybridized carbons (Fsp3) is 0.385. The number of esters is 2. The molecular formula is C26H28Cl2N2O4. The van der Waals surface area contributed by atoms with Gasteiger partial charge in [0.05, 0.1) is 0 Å². The second kappa shape index (κ2) is 10.1. The van der Waals surface area contributed by atoms with Crippen molar-refractivity contribution in [1.29, 1.82) is 0 Å². The molecule has 6 nitrogen and oxygen atoms in total. The van der Waals surface area contributed by atoms with E-state index in [-0.39, 0.29) is 0 Å². The average Bonchev–Trinajstić information content (AvgIpc) is 3.04. The number of halogens is 2. The molecule has 0 bridgehead atoms. The summed E-state index contributed by atoms with van der Waals surface area (Å²) in [4.78, 5) is 25.4. The minimum Gasteiger partial charge on any atom is -0.450 e. The number of fused-ring (bicyclic) bond motifs is 2. The summed E-state index contributed by atoms with van der Waals surface area (Å²) in [5.74, 6) is -1.27. The summed E-state index contributed by atoms with van der Waals surface area (Å²) in [5, 5.41) is 7.75. The van der Waals surface area contributed by atoms with Gasteiger partial charge in [0.15, 0.2) is 0 Å². The number of carbonyl (C=O) groups is 2. The van der Waals surface area contributed by atoms with Gasteiger partial charge in [-0.2, -0.15) is 0 Å². The number of carbonyl (C=O) groups excluding carboxylic acids is 2. The predicted octanol–water partition coefficient (Wildman–Crippen LogP) is 4.06. The molecule has 2 aromatic carbocycles. The van der Waals surface area contributed by atoms with Crippen LogP contribution in [-0.2, 0) is 43.1 Å². The van der Waals surface area contributed by atoms with Gasteiger partial charge in [-0.3, -0.25) is 0 Å². The van der Waals surface area contributed by atoms with Gasteiger partial charge >= 0.3 is 11.9 Å². The lowest BCUT2D eigenvalue weighted by atomic mass is 9.91. The SMILES string of the molecule is C[C@]1(OC(=O)/C=C/C(=O)O[C@@]2(C)CNCCc3ccc(Cl)cc32)CNCCc2ccc(Cl)cc21. The monoisotopic (exact) mass is 502 g/mol. The minimum atomic E-state index is -0.922. The molecule has 2 N–H and O–H groups in total. The van der Waals surface area contributed by atoms with Crippen molar-refractivity contribution in [3.05, 3.63) is 80.8 Å².